The number of amides is 1. The Labute approximate surface area is 129 Å². The largest absolute Gasteiger partial charge is 0.496 e. The summed E-state index contributed by atoms with van der Waals surface area (Å²) in [6.45, 7) is 3.99. The molecule has 6 heteroatoms. The highest BCUT2D eigenvalue weighted by molar-refractivity contribution is 5.91. The normalized spacial score (nSPS) is 12.2. The molecule has 0 fully saturated rings. The second-order valence-corrected chi connectivity index (χ2v) is 5.44. The maximum Gasteiger partial charge on any atom is 0.225 e. The smallest absolute Gasteiger partial charge is 0.225 e. The van der Waals surface area contributed by atoms with Crippen LogP contribution in [-0.2, 0) is 4.79 Å². The number of hydrogen-bond acceptors (Lipinski definition) is 5. The van der Waals surface area contributed by atoms with Crippen LogP contribution in [0.15, 0.2) is 35.2 Å². The first-order chi connectivity index (χ1) is 10.5. The van der Waals surface area contributed by atoms with Crippen molar-refractivity contribution in [1.29, 1.82) is 0 Å². The van der Waals surface area contributed by atoms with Crippen molar-refractivity contribution < 1.29 is 13.9 Å². The Morgan fingerprint density at radius 2 is 2.23 bits per heavy atom. The molecule has 0 aliphatic carbocycles. The van der Waals surface area contributed by atoms with Crippen LogP contribution in [0.5, 0.6) is 5.75 Å². The third-order valence-electron chi connectivity index (χ3n) is 3.46. The summed E-state index contributed by atoms with van der Waals surface area (Å²) in [4.78, 5) is 15.9. The van der Waals surface area contributed by atoms with Crippen molar-refractivity contribution in [1.82, 2.24) is 4.98 Å². The monoisotopic (exact) mass is 303 g/mol. The molecule has 0 spiro atoms. The maximum atomic E-state index is 12.0. The van der Waals surface area contributed by atoms with E-state index < -0.39 is 0 Å². The zero-order valence-corrected chi connectivity index (χ0v) is 13.0. The molecule has 0 aliphatic heterocycles. The number of nitrogens with one attached hydrogen (secondary N) is 1. The number of oxazole rings is 1. The lowest BCUT2D eigenvalue weighted by Crippen LogP contribution is -2.31. The Morgan fingerprint density at radius 1 is 1.45 bits per heavy atom. The van der Waals surface area contributed by atoms with Crippen molar-refractivity contribution in [3.8, 4) is 17.1 Å². The molecule has 0 saturated carbocycles. The van der Waals surface area contributed by atoms with Gasteiger partial charge in [-0.2, -0.15) is 0 Å². The topological polar surface area (TPSA) is 90.4 Å². The number of rotatable bonds is 6. The summed E-state index contributed by atoms with van der Waals surface area (Å²) in [6, 6.07) is 5.20. The van der Waals surface area contributed by atoms with E-state index in [4.69, 9.17) is 14.9 Å². The van der Waals surface area contributed by atoms with Gasteiger partial charge in [-0.3, -0.25) is 4.79 Å². The van der Waals surface area contributed by atoms with Gasteiger partial charge in [-0.15, -0.1) is 0 Å². The molecule has 22 heavy (non-hydrogen) atoms. The number of aromatic nitrogens is 1. The standard InChI is InChI=1S/C16H21N3O3/c1-10(2)13(17)7-16(20)19-11-4-5-12(14(6-11)21-3)15-8-18-9-22-15/h4-6,8-10,13H,7,17H2,1-3H3,(H,19,20). The summed E-state index contributed by atoms with van der Waals surface area (Å²) in [7, 11) is 1.56. The van der Waals surface area contributed by atoms with E-state index in [0.717, 1.165) is 5.56 Å². The summed E-state index contributed by atoms with van der Waals surface area (Å²) >= 11 is 0. The molecule has 6 nitrogen and oxygen atoms in total. The van der Waals surface area contributed by atoms with E-state index in [2.05, 4.69) is 10.3 Å². The van der Waals surface area contributed by atoms with Gasteiger partial charge in [-0.25, -0.2) is 4.98 Å². The Kier molecular flexibility index (Phi) is 5.16. The van der Waals surface area contributed by atoms with Crippen molar-refractivity contribution in [3.63, 3.8) is 0 Å². The molecule has 1 aromatic heterocycles. The van der Waals surface area contributed by atoms with Crippen LogP contribution in [0.1, 0.15) is 20.3 Å². The van der Waals surface area contributed by atoms with Gasteiger partial charge < -0.3 is 20.2 Å². The number of benzene rings is 1. The maximum absolute atomic E-state index is 12.0. The zero-order valence-electron chi connectivity index (χ0n) is 13.0. The van der Waals surface area contributed by atoms with E-state index in [0.29, 0.717) is 17.2 Å². The number of methoxy groups -OCH3 is 1. The van der Waals surface area contributed by atoms with Crippen molar-refractivity contribution in [2.24, 2.45) is 11.7 Å². The fourth-order valence-electron chi connectivity index (χ4n) is 1.98. The summed E-state index contributed by atoms with van der Waals surface area (Å²) in [5, 5.41) is 2.83. The molecule has 0 bridgehead atoms. The molecule has 1 heterocycles. The highest BCUT2D eigenvalue weighted by Crippen LogP contribution is 2.32. The molecule has 0 saturated heterocycles. The third-order valence-corrected chi connectivity index (χ3v) is 3.46. The van der Waals surface area contributed by atoms with E-state index in [-0.39, 0.29) is 24.3 Å². The fourth-order valence-corrected chi connectivity index (χ4v) is 1.98. The van der Waals surface area contributed by atoms with Crippen molar-refractivity contribution in [3.05, 3.63) is 30.8 Å². The van der Waals surface area contributed by atoms with Gasteiger partial charge in [0.05, 0.1) is 18.9 Å². The van der Waals surface area contributed by atoms with Crippen LogP contribution in [0.2, 0.25) is 0 Å². The van der Waals surface area contributed by atoms with E-state index in [1.807, 2.05) is 19.9 Å². The van der Waals surface area contributed by atoms with Crippen LogP contribution in [0.4, 0.5) is 5.69 Å². The quantitative estimate of drug-likeness (QED) is 0.856. The van der Waals surface area contributed by atoms with E-state index in [1.54, 1.807) is 25.4 Å². The van der Waals surface area contributed by atoms with Crippen molar-refractivity contribution >= 4 is 11.6 Å². The number of nitrogens with zero attached hydrogens (tertiary/aromatic N) is 1. The lowest BCUT2D eigenvalue weighted by Gasteiger charge is -2.15. The SMILES string of the molecule is COc1cc(NC(=O)CC(N)C(C)C)ccc1-c1cnco1. The highest BCUT2D eigenvalue weighted by Gasteiger charge is 2.15. The van der Waals surface area contributed by atoms with Gasteiger partial charge in [0, 0.05) is 24.2 Å². The highest BCUT2D eigenvalue weighted by atomic mass is 16.5. The second kappa shape index (κ2) is 7.09. The van der Waals surface area contributed by atoms with Gasteiger partial charge >= 0.3 is 0 Å². The second-order valence-electron chi connectivity index (χ2n) is 5.44. The average molecular weight is 303 g/mol. The molecular formula is C16H21N3O3. The summed E-state index contributed by atoms with van der Waals surface area (Å²) in [5.74, 6) is 1.35. The summed E-state index contributed by atoms with van der Waals surface area (Å²) < 4.78 is 10.6. The first-order valence-corrected chi connectivity index (χ1v) is 7.13. The molecule has 2 aromatic rings. The predicted molar refractivity (Wildman–Crippen MR) is 84.6 cm³/mol. The van der Waals surface area contributed by atoms with Gasteiger partial charge in [0.25, 0.3) is 0 Å². The molecule has 2 rings (SSSR count). The van der Waals surface area contributed by atoms with Crippen molar-refractivity contribution in [2.45, 2.75) is 26.3 Å². The Bertz CT molecular complexity index is 624. The number of ether oxygens (including phenoxy) is 1. The molecule has 1 amide bonds. The molecule has 3 N–H and O–H groups in total. The number of carbonyl (C=O) groups excluding carboxylic acids is 1. The van der Waals surface area contributed by atoms with Gasteiger partial charge in [-0.1, -0.05) is 13.8 Å². The third kappa shape index (κ3) is 3.85. The van der Waals surface area contributed by atoms with Gasteiger partial charge in [0.1, 0.15) is 5.75 Å². The van der Waals surface area contributed by atoms with Crippen molar-refractivity contribution in [2.75, 3.05) is 12.4 Å². The minimum absolute atomic E-state index is 0.115. The molecule has 1 aromatic carbocycles. The van der Waals surface area contributed by atoms with Gasteiger partial charge in [0.15, 0.2) is 12.2 Å². The van der Waals surface area contributed by atoms with Crippen LogP contribution < -0.4 is 15.8 Å². The Balaban J connectivity index is 2.11. The zero-order chi connectivity index (χ0) is 16.1. The number of anilines is 1. The number of nitrogens with two attached hydrogens (primary N) is 1. The molecule has 1 unspecified atom stereocenters. The van der Waals surface area contributed by atoms with Crippen LogP contribution >= 0.6 is 0 Å². The van der Waals surface area contributed by atoms with Crippen LogP contribution in [0, 0.1) is 5.92 Å². The minimum atomic E-state index is -0.157. The van der Waals surface area contributed by atoms with Crippen LogP contribution in [0.25, 0.3) is 11.3 Å². The van der Waals surface area contributed by atoms with Crippen LogP contribution in [-0.4, -0.2) is 24.0 Å². The van der Waals surface area contributed by atoms with Gasteiger partial charge in [-0.05, 0) is 18.1 Å². The predicted octanol–water partition coefficient (Wildman–Crippen LogP) is 2.66. The van der Waals surface area contributed by atoms with E-state index >= 15 is 0 Å². The van der Waals surface area contributed by atoms with E-state index in [1.165, 1.54) is 6.39 Å². The Hall–Kier alpha value is -2.34. The molecule has 0 radical (unpaired) electrons. The Morgan fingerprint density at radius 3 is 2.82 bits per heavy atom. The average Bonchev–Trinajstić information content (AvgIpc) is 3.00. The lowest BCUT2D eigenvalue weighted by atomic mass is 10.0. The minimum Gasteiger partial charge on any atom is -0.496 e. The number of hydrogen-bond donors (Lipinski definition) is 2. The molecule has 0 aliphatic rings. The lowest BCUT2D eigenvalue weighted by molar-refractivity contribution is -0.116. The van der Waals surface area contributed by atoms with Crippen LogP contribution in [0.3, 0.4) is 0 Å². The fraction of sp³-hybridized carbons (Fsp3) is 0.375. The molecular weight excluding hydrogens is 282 g/mol. The molecule has 1 atom stereocenters. The molecule has 118 valence electrons. The number of carbonyl (C=O) groups is 1. The summed E-state index contributed by atoms with van der Waals surface area (Å²) in [5.41, 5.74) is 7.34. The van der Waals surface area contributed by atoms with E-state index in [9.17, 15) is 4.79 Å². The first kappa shape index (κ1) is 16.0. The van der Waals surface area contributed by atoms with Gasteiger partial charge in [0.2, 0.25) is 5.91 Å². The summed E-state index contributed by atoms with van der Waals surface area (Å²) in [6.07, 6.45) is 3.25. The first-order valence-electron chi connectivity index (χ1n) is 7.13.